The second-order valence-electron chi connectivity index (χ2n) is 1.59. The van der Waals surface area contributed by atoms with Crippen molar-refractivity contribution >= 4 is 5.97 Å². The van der Waals surface area contributed by atoms with Gasteiger partial charge < -0.3 is 18.0 Å². The van der Waals surface area contributed by atoms with E-state index in [4.69, 9.17) is 16.6 Å². The molecular weight excluding hydrogens is 147 g/mol. The molecule has 0 spiro atoms. The first kappa shape index (κ1) is 12.7. The van der Waals surface area contributed by atoms with Crippen molar-refractivity contribution in [1.29, 1.82) is 0 Å². The minimum absolute atomic E-state index is 0. The molecule has 0 aliphatic carbocycles. The first-order chi connectivity index (χ1) is 3.66. The van der Waals surface area contributed by atoms with E-state index in [0.717, 1.165) is 0 Å². The Morgan fingerprint density at radius 1 is 1.78 bits per heavy atom. The van der Waals surface area contributed by atoms with Crippen LogP contribution in [0.5, 0.6) is 0 Å². The SMILES string of the molecule is NCC(N)CC(=O)O.[H-].[K+]. The number of carboxylic acids is 1. The molecule has 0 bridgehead atoms. The third-order valence-corrected chi connectivity index (χ3v) is 0.740. The van der Waals surface area contributed by atoms with Gasteiger partial charge in [-0.25, -0.2) is 0 Å². The molecule has 0 amide bonds. The molecule has 0 aliphatic rings. The quantitative estimate of drug-likeness (QED) is 0.364. The summed E-state index contributed by atoms with van der Waals surface area (Å²) < 4.78 is 0. The van der Waals surface area contributed by atoms with E-state index in [1.165, 1.54) is 0 Å². The Balaban J connectivity index is -0.000000245. The van der Waals surface area contributed by atoms with Crippen molar-refractivity contribution < 1.29 is 62.7 Å². The third-order valence-electron chi connectivity index (χ3n) is 0.740. The van der Waals surface area contributed by atoms with Gasteiger partial charge in [-0.3, -0.25) is 4.79 Å². The molecule has 4 nitrogen and oxygen atoms in total. The number of hydrogen-bond acceptors (Lipinski definition) is 3. The standard InChI is InChI=1S/C4H10N2O2.K.H/c5-2-3(6)1-4(7)8;;/h3H,1-2,5-6H2,(H,7,8);;/q;+1;-1. The number of carbonyl (C=O) groups is 1. The molecule has 9 heavy (non-hydrogen) atoms. The molecule has 5 N–H and O–H groups in total. The minimum Gasteiger partial charge on any atom is -1.00 e. The van der Waals surface area contributed by atoms with E-state index < -0.39 is 12.0 Å². The van der Waals surface area contributed by atoms with Gasteiger partial charge in [0.15, 0.2) is 0 Å². The Bertz CT molecular complexity index is 93.3. The Labute approximate surface area is 97.9 Å². The molecular formula is C4H11KN2O2. The zero-order valence-electron chi connectivity index (χ0n) is 6.50. The number of hydrogen-bond donors (Lipinski definition) is 3. The van der Waals surface area contributed by atoms with Crippen molar-refractivity contribution in [2.45, 2.75) is 12.5 Å². The average Bonchev–Trinajstić information content (AvgIpc) is 1.65. The molecule has 0 saturated heterocycles. The van der Waals surface area contributed by atoms with E-state index in [1.54, 1.807) is 0 Å². The average molecular weight is 158 g/mol. The summed E-state index contributed by atoms with van der Waals surface area (Å²) in [5, 5.41) is 8.08. The van der Waals surface area contributed by atoms with E-state index in [1.807, 2.05) is 0 Å². The summed E-state index contributed by atoms with van der Waals surface area (Å²) in [5.74, 6) is -0.900. The fourth-order valence-corrected chi connectivity index (χ4v) is 0.308. The van der Waals surface area contributed by atoms with Gasteiger partial charge in [-0.15, -0.1) is 0 Å². The largest absolute Gasteiger partial charge is 1.00 e. The molecule has 0 fully saturated rings. The number of nitrogens with two attached hydrogens (primary N) is 2. The van der Waals surface area contributed by atoms with Crippen molar-refractivity contribution in [3.8, 4) is 0 Å². The summed E-state index contributed by atoms with van der Waals surface area (Å²) in [6.45, 7) is 0.228. The van der Waals surface area contributed by atoms with Crippen LogP contribution in [0.1, 0.15) is 7.85 Å². The van der Waals surface area contributed by atoms with E-state index >= 15 is 0 Å². The first-order valence-electron chi connectivity index (χ1n) is 2.34. The number of carboxylic acid groups (broad SMARTS) is 1. The van der Waals surface area contributed by atoms with Crippen LogP contribution in [0.3, 0.4) is 0 Å². The zero-order chi connectivity index (χ0) is 6.57. The summed E-state index contributed by atoms with van der Waals surface area (Å²) >= 11 is 0. The minimum atomic E-state index is -0.900. The summed E-state index contributed by atoms with van der Waals surface area (Å²) in [6.07, 6.45) is -0.0451. The molecule has 5 heteroatoms. The molecule has 0 radical (unpaired) electrons. The summed E-state index contributed by atoms with van der Waals surface area (Å²) in [5.41, 5.74) is 10.2. The molecule has 1 unspecified atom stereocenters. The van der Waals surface area contributed by atoms with Crippen LogP contribution in [0.4, 0.5) is 0 Å². The van der Waals surface area contributed by atoms with Gasteiger partial charge >= 0.3 is 57.4 Å². The number of rotatable bonds is 3. The summed E-state index contributed by atoms with van der Waals surface area (Å²) in [6, 6.07) is -0.396. The smallest absolute Gasteiger partial charge is 1.00 e. The van der Waals surface area contributed by atoms with Gasteiger partial charge in [0.05, 0.1) is 6.42 Å². The van der Waals surface area contributed by atoms with Crippen LogP contribution >= 0.6 is 0 Å². The Hall–Kier alpha value is 1.03. The van der Waals surface area contributed by atoms with E-state index in [0.29, 0.717) is 0 Å². The third kappa shape index (κ3) is 9.03. The second-order valence-corrected chi connectivity index (χ2v) is 1.59. The summed E-state index contributed by atoms with van der Waals surface area (Å²) in [7, 11) is 0. The van der Waals surface area contributed by atoms with Crippen LogP contribution in [0, 0.1) is 0 Å². The second kappa shape index (κ2) is 7.14. The van der Waals surface area contributed by atoms with Gasteiger partial charge in [0.2, 0.25) is 0 Å². The molecule has 50 valence electrons. The van der Waals surface area contributed by atoms with Gasteiger partial charge in [0.25, 0.3) is 0 Å². The summed E-state index contributed by atoms with van der Waals surface area (Å²) in [4.78, 5) is 9.83. The normalized spacial score (nSPS) is 11.8. The topological polar surface area (TPSA) is 89.3 Å². The maximum Gasteiger partial charge on any atom is 1.00 e. The van der Waals surface area contributed by atoms with Crippen LogP contribution < -0.4 is 62.9 Å². The van der Waals surface area contributed by atoms with Gasteiger partial charge in [-0.1, -0.05) is 0 Å². The Morgan fingerprint density at radius 2 is 2.22 bits per heavy atom. The predicted octanol–water partition coefficient (Wildman–Crippen LogP) is -4.14. The van der Waals surface area contributed by atoms with Crippen molar-refractivity contribution in [2.24, 2.45) is 11.5 Å². The maximum atomic E-state index is 9.83. The first-order valence-corrected chi connectivity index (χ1v) is 2.34. The van der Waals surface area contributed by atoms with Gasteiger partial charge in [0.1, 0.15) is 0 Å². The van der Waals surface area contributed by atoms with E-state index in [9.17, 15) is 4.79 Å². The molecule has 0 rings (SSSR count). The zero-order valence-corrected chi connectivity index (χ0v) is 8.62. The molecule has 0 heterocycles. The van der Waals surface area contributed by atoms with Crippen LogP contribution in [-0.2, 0) is 4.79 Å². The number of aliphatic carboxylic acids is 1. The monoisotopic (exact) mass is 158 g/mol. The van der Waals surface area contributed by atoms with Crippen molar-refractivity contribution in [3.05, 3.63) is 0 Å². The van der Waals surface area contributed by atoms with Gasteiger partial charge in [-0.05, 0) is 0 Å². The fourth-order valence-electron chi connectivity index (χ4n) is 0.308. The molecule has 0 aromatic heterocycles. The predicted molar refractivity (Wildman–Crippen MR) is 30.4 cm³/mol. The van der Waals surface area contributed by atoms with Crippen LogP contribution in [-0.4, -0.2) is 23.7 Å². The Morgan fingerprint density at radius 3 is 2.33 bits per heavy atom. The maximum absolute atomic E-state index is 9.83. The molecule has 0 saturated carbocycles. The molecule has 0 aromatic carbocycles. The van der Waals surface area contributed by atoms with Crippen LogP contribution in [0.25, 0.3) is 0 Å². The van der Waals surface area contributed by atoms with E-state index in [2.05, 4.69) is 0 Å². The van der Waals surface area contributed by atoms with E-state index in [-0.39, 0.29) is 65.8 Å². The van der Waals surface area contributed by atoms with Crippen molar-refractivity contribution in [3.63, 3.8) is 0 Å². The Kier molecular flexibility index (Phi) is 10.1. The molecule has 0 aromatic rings. The molecule has 1 atom stereocenters. The molecule has 0 aliphatic heterocycles. The van der Waals surface area contributed by atoms with Gasteiger partial charge in [0, 0.05) is 12.6 Å². The van der Waals surface area contributed by atoms with Crippen molar-refractivity contribution in [1.82, 2.24) is 0 Å². The van der Waals surface area contributed by atoms with Crippen molar-refractivity contribution in [2.75, 3.05) is 6.54 Å². The van der Waals surface area contributed by atoms with Gasteiger partial charge in [-0.2, -0.15) is 0 Å². The van der Waals surface area contributed by atoms with Crippen LogP contribution in [0.2, 0.25) is 0 Å². The van der Waals surface area contributed by atoms with Crippen LogP contribution in [0.15, 0.2) is 0 Å². The fraction of sp³-hybridized carbons (Fsp3) is 0.750.